The Labute approximate surface area is 154 Å². The van der Waals surface area contributed by atoms with Crippen molar-refractivity contribution < 1.29 is 22.8 Å². The second-order valence-electron chi connectivity index (χ2n) is 6.55. The van der Waals surface area contributed by atoms with Crippen LogP contribution < -0.4 is 5.43 Å². The van der Waals surface area contributed by atoms with Crippen LogP contribution >= 0.6 is 0 Å². The molecule has 2 atom stereocenters. The minimum Gasteiger partial charge on any atom is -0.272 e. The number of alkyl halides is 3. The van der Waals surface area contributed by atoms with Crippen LogP contribution in [0.4, 0.5) is 19.0 Å². The molecule has 27 heavy (non-hydrogen) atoms. The molecule has 142 valence electrons. The van der Waals surface area contributed by atoms with Gasteiger partial charge in [-0.05, 0) is 17.7 Å². The van der Waals surface area contributed by atoms with Gasteiger partial charge in [0.25, 0.3) is 11.8 Å². The smallest absolute Gasteiger partial charge is 0.272 e. The zero-order valence-corrected chi connectivity index (χ0v) is 14.7. The molecule has 1 fully saturated rings. The van der Waals surface area contributed by atoms with Crippen LogP contribution in [0, 0.1) is 11.8 Å². The molecule has 5 nitrogen and oxygen atoms in total. The minimum absolute atomic E-state index is 0.0110. The first-order valence-electron chi connectivity index (χ1n) is 8.44. The van der Waals surface area contributed by atoms with Crippen LogP contribution in [0.3, 0.4) is 0 Å². The molecular weight excluding hydrogens is 359 g/mol. The highest BCUT2D eigenvalue weighted by atomic mass is 19.4. The summed E-state index contributed by atoms with van der Waals surface area (Å²) < 4.78 is 40.0. The SMILES string of the molecule is CC1C(=O)N(Nc2ccc(C(F)(F)F)c(Cc3ccccc3)n2)C(=O)C1C. The highest BCUT2D eigenvalue weighted by Crippen LogP contribution is 2.33. The third-order valence-electron chi connectivity index (χ3n) is 4.69. The number of halogens is 3. The van der Waals surface area contributed by atoms with E-state index in [1.807, 2.05) is 0 Å². The van der Waals surface area contributed by atoms with Gasteiger partial charge in [0.2, 0.25) is 0 Å². The largest absolute Gasteiger partial charge is 0.418 e. The summed E-state index contributed by atoms with van der Waals surface area (Å²) in [6.45, 7) is 3.27. The Morgan fingerprint density at radius 2 is 1.59 bits per heavy atom. The summed E-state index contributed by atoms with van der Waals surface area (Å²) in [5, 5.41) is 0.831. The van der Waals surface area contributed by atoms with Crippen molar-refractivity contribution in [3.8, 4) is 0 Å². The maximum absolute atomic E-state index is 13.3. The van der Waals surface area contributed by atoms with Gasteiger partial charge in [0.1, 0.15) is 5.82 Å². The topological polar surface area (TPSA) is 62.3 Å². The Morgan fingerprint density at radius 1 is 1.00 bits per heavy atom. The fraction of sp³-hybridized carbons (Fsp3) is 0.316. The molecule has 2 heterocycles. The molecule has 2 aromatic rings. The number of hydrazine groups is 1. The molecule has 0 aliphatic carbocycles. The summed E-state index contributed by atoms with van der Waals surface area (Å²) in [4.78, 5) is 28.4. The number of rotatable bonds is 4. The lowest BCUT2D eigenvalue weighted by Crippen LogP contribution is -2.36. The Bertz CT molecular complexity index is 848. The van der Waals surface area contributed by atoms with E-state index in [1.165, 1.54) is 0 Å². The average molecular weight is 377 g/mol. The van der Waals surface area contributed by atoms with Crippen LogP contribution in [0.2, 0.25) is 0 Å². The van der Waals surface area contributed by atoms with Crippen LogP contribution in [-0.2, 0) is 22.2 Å². The lowest BCUT2D eigenvalue weighted by atomic mass is 10.00. The fourth-order valence-corrected chi connectivity index (χ4v) is 2.91. The molecule has 0 saturated carbocycles. The molecule has 8 heteroatoms. The van der Waals surface area contributed by atoms with Gasteiger partial charge in [-0.3, -0.25) is 15.0 Å². The molecule has 0 spiro atoms. The van der Waals surface area contributed by atoms with Crippen molar-refractivity contribution in [3.63, 3.8) is 0 Å². The van der Waals surface area contributed by atoms with Gasteiger partial charge < -0.3 is 0 Å². The van der Waals surface area contributed by atoms with Crippen LogP contribution in [-0.4, -0.2) is 21.8 Å². The van der Waals surface area contributed by atoms with Crippen molar-refractivity contribution in [1.29, 1.82) is 0 Å². The Morgan fingerprint density at radius 3 is 2.15 bits per heavy atom. The first-order valence-corrected chi connectivity index (χ1v) is 8.44. The second kappa shape index (κ2) is 7.02. The maximum atomic E-state index is 13.3. The van der Waals surface area contributed by atoms with E-state index in [9.17, 15) is 22.8 Å². The van der Waals surface area contributed by atoms with Crippen LogP contribution in [0.1, 0.15) is 30.7 Å². The van der Waals surface area contributed by atoms with E-state index in [1.54, 1.807) is 44.2 Å². The highest BCUT2D eigenvalue weighted by molar-refractivity contribution is 6.05. The van der Waals surface area contributed by atoms with E-state index < -0.39 is 35.4 Å². The summed E-state index contributed by atoms with van der Waals surface area (Å²) in [7, 11) is 0. The highest BCUT2D eigenvalue weighted by Gasteiger charge is 2.43. The van der Waals surface area contributed by atoms with Crippen molar-refractivity contribution in [3.05, 3.63) is 59.3 Å². The van der Waals surface area contributed by atoms with Gasteiger partial charge in [0.05, 0.1) is 11.3 Å². The minimum atomic E-state index is -4.56. The van der Waals surface area contributed by atoms with E-state index in [2.05, 4.69) is 10.4 Å². The summed E-state index contributed by atoms with van der Waals surface area (Å²) in [6.07, 6.45) is -4.59. The molecule has 1 saturated heterocycles. The third kappa shape index (κ3) is 3.79. The number of carbonyl (C=O) groups is 2. The van der Waals surface area contributed by atoms with Gasteiger partial charge in [0.15, 0.2) is 0 Å². The second-order valence-corrected chi connectivity index (χ2v) is 6.55. The van der Waals surface area contributed by atoms with E-state index >= 15 is 0 Å². The van der Waals surface area contributed by atoms with Crippen molar-refractivity contribution in [2.75, 3.05) is 5.43 Å². The average Bonchev–Trinajstić information content (AvgIpc) is 2.80. The standard InChI is InChI=1S/C19H18F3N3O2/c1-11-12(2)18(27)25(17(11)26)24-16-9-8-14(19(20,21)22)15(23-16)10-13-6-4-3-5-7-13/h3-9,11-12H,10H2,1-2H3,(H,23,24). The quantitative estimate of drug-likeness (QED) is 0.826. The molecule has 2 amide bonds. The van der Waals surface area contributed by atoms with E-state index in [4.69, 9.17) is 0 Å². The van der Waals surface area contributed by atoms with Crippen molar-refractivity contribution in [1.82, 2.24) is 9.99 Å². The van der Waals surface area contributed by atoms with E-state index in [0.29, 0.717) is 5.56 Å². The normalized spacial score (nSPS) is 20.3. The number of nitrogens with zero attached hydrogens (tertiary/aromatic N) is 2. The number of aromatic nitrogens is 1. The number of benzene rings is 1. The van der Waals surface area contributed by atoms with Gasteiger partial charge in [-0.1, -0.05) is 44.2 Å². The predicted octanol–water partition coefficient (Wildman–Crippen LogP) is 3.66. The summed E-state index contributed by atoms with van der Waals surface area (Å²) in [6, 6.07) is 10.7. The molecule has 3 rings (SSSR count). The van der Waals surface area contributed by atoms with Gasteiger partial charge in [-0.2, -0.15) is 18.2 Å². The van der Waals surface area contributed by atoms with Crippen molar-refractivity contribution in [2.45, 2.75) is 26.4 Å². The summed E-state index contributed by atoms with van der Waals surface area (Å²) in [5.74, 6) is -1.85. The van der Waals surface area contributed by atoms with Crippen molar-refractivity contribution >= 4 is 17.6 Å². The molecular formula is C19H18F3N3O2. The maximum Gasteiger partial charge on any atom is 0.418 e. The first kappa shape index (κ1) is 18.9. The number of imide groups is 1. The zero-order chi connectivity index (χ0) is 19.8. The summed E-state index contributed by atoms with van der Waals surface area (Å²) in [5.41, 5.74) is 2.20. The van der Waals surface area contributed by atoms with Gasteiger partial charge >= 0.3 is 6.18 Å². The molecule has 1 aromatic carbocycles. The molecule has 1 aliphatic rings. The van der Waals surface area contributed by atoms with E-state index in [-0.39, 0.29) is 17.9 Å². The van der Waals surface area contributed by atoms with Gasteiger partial charge in [-0.15, -0.1) is 0 Å². The zero-order valence-electron chi connectivity index (χ0n) is 14.7. The van der Waals surface area contributed by atoms with Gasteiger partial charge in [-0.25, -0.2) is 4.98 Å². The number of amides is 2. The Balaban J connectivity index is 1.92. The third-order valence-corrected chi connectivity index (χ3v) is 4.69. The Hall–Kier alpha value is -2.90. The van der Waals surface area contributed by atoms with Crippen LogP contribution in [0.25, 0.3) is 0 Å². The molecule has 0 bridgehead atoms. The molecule has 0 radical (unpaired) electrons. The molecule has 1 N–H and O–H groups in total. The van der Waals surface area contributed by atoms with Crippen LogP contribution in [0.15, 0.2) is 42.5 Å². The van der Waals surface area contributed by atoms with E-state index in [0.717, 1.165) is 17.1 Å². The fourth-order valence-electron chi connectivity index (χ4n) is 2.91. The number of hydrogen-bond acceptors (Lipinski definition) is 4. The predicted molar refractivity (Wildman–Crippen MR) is 92.3 cm³/mol. The monoisotopic (exact) mass is 377 g/mol. The lowest BCUT2D eigenvalue weighted by molar-refractivity contribution is -0.139. The number of pyridine rings is 1. The molecule has 1 aromatic heterocycles. The van der Waals surface area contributed by atoms with Gasteiger partial charge in [0, 0.05) is 18.3 Å². The van der Waals surface area contributed by atoms with Crippen molar-refractivity contribution in [2.24, 2.45) is 11.8 Å². The van der Waals surface area contributed by atoms with Crippen LogP contribution in [0.5, 0.6) is 0 Å². The number of carbonyl (C=O) groups excluding carboxylic acids is 2. The summed E-state index contributed by atoms with van der Waals surface area (Å²) >= 11 is 0. The lowest BCUT2D eigenvalue weighted by Gasteiger charge is -2.19. The Kier molecular flexibility index (Phi) is 4.91. The number of nitrogens with one attached hydrogen (secondary N) is 1. The molecule has 2 unspecified atom stereocenters. The molecule has 1 aliphatic heterocycles. The first-order chi connectivity index (χ1) is 12.7. The number of hydrogen-bond donors (Lipinski definition) is 1. The number of anilines is 1.